The summed E-state index contributed by atoms with van der Waals surface area (Å²) in [5.41, 5.74) is 4.99. The van der Waals surface area contributed by atoms with Gasteiger partial charge in [-0.3, -0.25) is 4.79 Å². The number of nitrogens with zero attached hydrogens (tertiary/aromatic N) is 2. The Hall–Kier alpha value is -2.21. The molecular formula is C27H21Br2ClN2O. The first-order chi connectivity index (χ1) is 16.0. The number of carbonyl (C=O) groups is 1. The van der Waals surface area contributed by atoms with Crippen LogP contribution < -0.4 is 0 Å². The number of hydrogen-bond donors (Lipinski definition) is 0. The van der Waals surface area contributed by atoms with Crippen LogP contribution in [0.5, 0.6) is 0 Å². The van der Waals surface area contributed by atoms with E-state index in [2.05, 4.69) is 62.2 Å². The molecule has 0 N–H and O–H groups in total. The monoisotopic (exact) mass is 582 g/mol. The highest BCUT2D eigenvalue weighted by Gasteiger charge is 2.43. The number of fused-ring (bicyclic) bond motifs is 1. The lowest BCUT2D eigenvalue weighted by Crippen LogP contribution is -2.31. The average molecular weight is 585 g/mol. The topological polar surface area (TPSA) is 32.7 Å². The molecule has 1 aliphatic carbocycles. The van der Waals surface area contributed by atoms with Crippen molar-refractivity contribution in [2.75, 3.05) is 0 Å². The SMILES string of the molecule is O=C(c1cccc(Cl)c1)N1N=C2C(=Cc3ccc(Br)cc3)CCCC2C1c1ccc(Br)cc1. The van der Waals surface area contributed by atoms with Crippen LogP contribution in [-0.2, 0) is 0 Å². The smallest absolute Gasteiger partial charge is 0.267 e. The fourth-order valence-corrected chi connectivity index (χ4v) is 5.39. The molecule has 0 spiro atoms. The normalized spacial score (nSPS) is 21.1. The van der Waals surface area contributed by atoms with Gasteiger partial charge >= 0.3 is 0 Å². The molecule has 1 saturated carbocycles. The molecule has 0 saturated heterocycles. The minimum absolute atomic E-state index is 0.129. The Morgan fingerprint density at radius 1 is 1.00 bits per heavy atom. The second-order valence-corrected chi connectivity index (χ2v) is 10.6. The molecule has 0 aromatic heterocycles. The molecule has 6 heteroatoms. The fourth-order valence-electron chi connectivity index (χ4n) is 4.68. The summed E-state index contributed by atoms with van der Waals surface area (Å²) in [5, 5.41) is 7.18. The first-order valence-electron chi connectivity index (χ1n) is 10.9. The zero-order valence-electron chi connectivity index (χ0n) is 17.7. The van der Waals surface area contributed by atoms with Gasteiger partial charge in [0.25, 0.3) is 5.91 Å². The number of halogens is 3. The molecule has 3 aromatic carbocycles. The van der Waals surface area contributed by atoms with Gasteiger partial charge in [0.2, 0.25) is 0 Å². The van der Waals surface area contributed by atoms with Crippen LogP contribution in [0.4, 0.5) is 0 Å². The highest BCUT2D eigenvalue weighted by molar-refractivity contribution is 9.10. The maximum Gasteiger partial charge on any atom is 0.274 e. The molecule has 2 atom stereocenters. The summed E-state index contributed by atoms with van der Waals surface area (Å²) in [7, 11) is 0. The first-order valence-corrected chi connectivity index (χ1v) is 12.9. The standard InChI is InChI=1S/C27H21Br2ClN2O/c28-21-11-7-17(8-12-21)15-19-3-2-6-24-25(19)31-32(26(24)18-9-13-22(29)14-10-18)27(33)20-4-1-5-23(30)16-20/h1,4-5,7-16,24,26H,2-3,6H2. The van der Waals surface area contributed by atoms with Crippen molar-refractivity contribution in [1.29, 1.82) is 0 Å². The number of hydrazone groups is 1. The lowest BCUT2D eigenvalue weighted by Gasteiger charge is -2.29. The van der Waals surface area contributed by atoms with Crippen molar-refractivity contribution in [3.05, 3.63) is 109 Å². The summed E-state index contributed by atoms with van der Waals surface area (Å²) in [4.78, 5) is 13.6. The fraction of sp³-hybridized carbons (Fsp3) is 0.185. The molecule has 2 aliphatic rings. The van der Waals surface area contributed by atoms with Crippen LogP contribution in [0.25, 0.3) is 6.08 Å². The minimum Gasteiger partial charge on any atom is -0.267 e. The first kappa shape index (κ1) is 22.6. The molecule has 5 rings (SSSR count). The van der Waals surface area contributed by atoms with Crippen molar-refractivity contribution >= 4 is 61.2 Å². The molecule has 2 unspecified atom stereocenters. The third-order valence-electron chi connectivity index (χ3n) is 6.20. The van der Waals surface area contributed by atoms with E-state index in [1.165, 1.54) is 5.57 Å². The van der Waals surface area contributed by atoms with Gasteiger partial charge in [0.05, 0.1) is 11.8 Å². The molecule has 0 bridgehead atoms. The number of rotatable bonds is 3. The lowest BCUT2D eigenvalue weighted by atomic mass is 9.77. The summed E-state index contributed by atoms with van der Waals surface area (Å²) < 4.78 is 2.07. The van der Waals surface area contributed by atoms with Crippen molar-refractivity contribution in [1.82, 2.24) is 5.01 Å². The molecule has 3 nitrogen and oxygen atoms in total. The molecule has 0 radical (unpaired) electrons. The number of amides is 1. The van der Waals surface area contributed by atoms with Gasteiger partial charge in [-0.15, -0.1) is 0 Å². The Morgan fingerprint density at radius 3 is 2.39 bits per heavy atom. The van der Waals surface area contributed by atoms with Crippen LogP contribution in [-0.4, -0.2) is 16.6 Å². The Labute approximate surface area is 215 Å². The Bertz CT molecular complexity index is 1250. The largest absolute Gasteiger partial charge is 0.274 e. The quantitative estimate of drug-likeness (QED) is 0.305. The van der Waals surface area contributed by atoms with E-state index in [4.69, 9.17) is 16.7 Å². The second-order valence-electron chi connectivity index (χ2n) is 8.36. The van der Waals surface area contributed by atoms with E-state index in [0.717, 1.165) is 45.0 Å². The molecule has 1 aliphatic heterocycles. The maximum atomic E-state index is 13.6. The molecule has 1 heterocycles. The Morgan fingerprint density at radius 2 is 1.70 bits per heavy atom. The molecular weight excluding hydrogens is 564 g/mol. The minimum atomic E-state index is -0.145. The van der Waals surface area contributed by atoms with E-state index >= 15 is 0 Å². The zero-order valence-corrected chi connectivity index (χ0v) is 21.6. The average Bonchev–Trinajstić information content (AvgIpc) is 3.21. The van der Waals surface area contributed by atoms with Gasteiger partial charge in [0.1, 0.15) is 0 Å². The van der Waals surface area contributed by atoms with Crippen LogP contribution in [0.15, 0.2) is 92.4 Å². The summed E-state index contributed by atoms with van der Waals surface area (Å²) in [6, 6.07) is 23.4. The van der Waals surface area contributed by atoms with Crippen molar-refractivity contribution in [3.8, 4) is 0 Å². The highest BCUT2D eigenvalue weighted by Crippen LogP contribution is 2.45. The van der Waals surface area contributed by atoms with Gasteiger partial charge in [-0.25, -0.2) is 5.01 Å². The van der Waals surface area contributed by atoms with E-state index in [1.807, 2.05) is 24.3 Å². The van der Waals surface area contributed by atoms with Gasteiger partial charge < -0.3 is 0 Å². The van der Waals surface area contributed by atoms with Gasteiger partial charge in [-0.1, -0.05) is 73.8 Å². The van der Waals surface area contributed by atoms with Crippen LogP contribution in [0.2, 0.25) is 5.02 Å². The van der Waals surface area contributed by atoms with Crippen molar-refractivity contribution in [3.63, 3.8) is 0 Å². The van der Waals surface area contributed by atoms with Crippen molar-refractivity contribution < 1.29 is 4.79 Å². The third-order valence-corrected chi connectivity index (χ3v) is 7.50. The van der Waals surface area contributed by atoms with Crippen LogP contribution in [0, 0.1) is 5.92 Å². The summed E-state index contributed by atoms with van der Waals surface area (Å²) in [5.74, 6) is 0.0278. The van der Waals surface area contributed by atoms with E-state index < -0.39 is 0 Å². The van der Waals surface area contributed by atoms with Crippen LogP contribution >= 0.6 is 43.5 Å². The summed E-state index contributed by atoms with van der Waals surface area (Å²) in [6.45, 7) is 0. The van der Waals surface area contributed by atoms with Gasteiger partial charge in [-0.05, 0) is 84.5 Å². The maximum absolute atomic E-state index is 13.6. The van der Waals surface area contributed by atoms with Crippen LogP contribution in [0.3, 0.4) is 0 Å². The molecule has 33 heavy (non-hydrogen) atoms. The Kier molecular flexibility index (Phi) is 6.55. The predicted octanol–water partition coefficient (Wildman–Crippen LogP) is 8.30. The van der Waals surface area contributed by atoms with Crippen LogP contribution in [0.1, 0.15) is 46.8 Å². The number of hydrogen-bond acceptors (Lipinski definition) is 2. The van der Waals surface area contributed by atoms with Gasteiger partial charge in [0, 0.05) is 25.4 Å². The van der Waals surface area contributed by atoms with Gasteiger partial charge in [-0.2, -0.15) is 5.10 Å². The predicted molar refractivity (Wildman–Crippen MR) is 141 cm³/mol. The number of benzene rings is 3. The molecule has 3 aromatic rings. The zero-order chi connectivity index (χ0) is 22.9. The molecule has 1 amide bonds. The van der Waals surface area contributed by atoms with Crippen molar-refractivity contribution in [2.24, 2.45) is 11.0 Å². The summed E-state index contributed by atoms with van der Waals surface area (Å²) in [6.07, 6.45) is 5.23. The van der Waals surface area contributed by atoms with E-state index in [9.17, 15) is 4.79 Å². The van der Waals surface area contributed by atoms with E-state index in [0.29, 0.717) is 10.6 Å². The lowest BCUT2D eigenvalue weighted by molar-refractivity contribution is 0.0681. The highest BCUT2D eigenvalue weighted by atomic mass is 79.9. The number of allylic oxidation sites excluding steroid dienone is 1. The third kappa shape index (κ3) is 4.72. The number of carbonyl (C=O) groups excluding carboxylic acids is 1. The van der Waals surface area contributed by atoms with E-state index in [-0.39, 0.29) is 17.9 Å². The van der Waals surface area contributed by atoms with E-state index in [1.54, 1.807) is 29.3 Å². The molecule has 166 valence electrons. The second kappa shape index (κ2) is 9.57. The van der Waals surface area contributed by atoms with Crippen molar-refractivity contribution in [2.45, 2.75) is 25.3 Å². The van der Waals surface area contributed by atoms with Gasteiger partial charge in [0.15, 0.2) is 0 Å². The summed E-state index contributed by atoms with van der Waals surface area (Å²) >= 11 is 13.2. The molecule has 1 fully saturated rings. The Balaban J connectivity index is 1.58.